The van der Waals surface area contributed by atoms with Gasteiger partial charge in [-0.3, -0.25) is 9.59 Å². The highest BCUT2D eigenvalue weighted by Gasteiger charge is 2.18. The monoisotopic (exact) mass is 258 g/mol. The number of carbonyl (C=O) groups is 2. The number of carboxylic acid groups (broad SMARTS) is 1. The highest BCUT2D eigenvalue weighted by Crippen LogP contribution is 2.07. The quantitative estimate of drug-likeness (QED) is 0.636. The molecule has 0 radical (unpaired) electrons. The molecule has 1 amide bonds. The van der Waals surface area contributed by atoms with E-state index in [1.165, 1.54) is 0 Å². The Morgan fingerprint density at radius 3 is 2.17 bits per heavy atom. The Morgan fingerprint density at radius 1 is 1.17 bits per heavy atom. The van der Waals surface area contributed by atoms with Crippen LogP contribution in [0.3, 0.4) is 0 Å². The third kappa shape index (κ3) is 7.27. The van der Waals surface area contributed by atoms with Crippen molar-refractivity contribution < 1.29 is 14.7 Å². The molecule has 0 aliphatic heterocycles. The lowest BCUT2D eigenvalue weighted by molar-refractivity contribution is -0.138. The lowest BCUT2D eigenvalue weighted by Crippen LogP contribution is -2.43. The molecular formula is C13H26N2O3. The van der Waals surface area contributed by atoms with Crippen molar-refractivity contribution in [3.8, 4) is 0 Å². The van der Waals surface area contributed by atoms with Crippen LogP contribution in [0.15, 0.2) is 0 Å². The van der Waals surface area contributed by atoms with Crippen LogP contribution in [0.2, 0.25) is 0 Å². The summed E-state index contributed by atoms with van der Waals surface area (Å²) in [4.78, 5) is 26.3. The average Bonchev–Trinajstić information content (AvgIpc) is 2.24. The van der Waals surface area contributed by atoms with Crippen molar-refractivity contribution in [3.05, 3.63) is 0 Å². The van der Waals surface area contributed by atoms with E-state index in [0.717, 1.165) is 6.54 Å². The fraction of sp³-hybridized carbons (Fsp3) is 0.846. The van der Waals surface area contributed by atoms with Crippen LogP contribution in [0.4, 0.5) is 0 Å². The number of unbranched alkanes of at least 4 members (excludes halogenated alkanes) is 1. The molecule has 0 aliphatic carbocycles. The van der Waals surface area contributed by atoms with Gasteiger partial charge in [0.15, 0.2) is 0 Å². The summed E-state index contributed by atoms with van der Waals surface area (Å²) < 4.78 is 0. The largest absolute Gasteiger partial charge is 0.481 e. The molecule has 0 aromatic heterocycles. The number of likely N-dealkylation sites (N-methyl/N-ethyl adjacent to an activating group) is 2. The molecule has 0 aliphatic rings. The summed E-state index contributed by atoms with van der Waals surface area (Å²) in [5, 5.41) is 8.52. The topological polar surface area (TPSA) is 60.9 Å². The van der Waals surface area contributed by atoms with E-state index >= 15 is 0 Å². The van der Waals surface area contributed by atoms with Gasteiger partial charge in [0.2, 0.25) is 5.91 Å². The molecule has 18 heavy (non-hydrogen) atoms. The maximum atomic E-state index is 12.0. The van der Waals surface area contributed by atoms with Gasteiger partial charge in [-0.2, -0.15) is 0 Å². The fourth-order valence-electron chi connectivity index (χ4n) is 2.06. The van der Waals surface area contributed by atoms with Gasteiger partial charge in [-0.1, -0.05) is 0 Å². The Labute approximate surface area is 110 Å². The maximum Gasteiger partial charge on any atom is 0.303 e. The normalized spacial score (nSPS) is 12.5. The number of hydrogen-bond donors (Lipinski definition) is 1. The Bertz CT molecular complexity index is 267. The standard InChI is InChI=1S/C13H26N2O3/c1-5-15(11(2)10-14(3)4)12(16)8-6-7-9-13(17)18/h11H,5-10H2,1-4H3,(H,17,18). The third-order valence-corrected chi connectivity index (χ3v) is 2.85. The minimum Gasteiger partial charge on any atom is -0.481 e. The van der Waals surface area contributed by atoms with Crippen LogP contribution >= 0.6 is 0 Å². The van der Waals surface area contributed by atoms with Crippen molar-refractivity contribution in [2.75, 3.05) is 27.2 Å². The van der Waals surface area contributed by atoms with Crippen LogP contribution in [0.5, 0.6) is 0 Å². The average molecular weight is 258 g/mol. The van der Waals surface area contributed by atoms with E-state index in [9.17, 15) is 9.59 Å². The molecule has 5 heteroatoms. The molecule has 0 fully saturated rings. The summed E-state index contributed by atoms with van der Waals surface area (Å²) in [6.45, 7) is 5.56. The van der Waals surface area contributed by atoms with Crippen molar-refractivity contribution in [2.45, 2.75) is 45.6 Å². The zero-order chi connectivity index (χ0) is 14.1. The van der Waals surface area contributed by atoms with Crippen LogP contribution in [0, 0.1) is 0 Å². The first-order valence-corrected chi connectivity index (χ1v) is 6.54. The van der Waals surface area contributed by atoms with Crippen LogP contribution in [-0.4, -0.2) is 60.0 Å². The summed E-state index contributed by atoms with van der Waals surface area (Å²) in [6, 6.07) is 0.192. The summed E-state index contributed by atoms with van der Waals surface area (Å²) in [5.41, 5.74) is 0. The second-order valence-electron chi connectivity index (χ2n) is 4.89. The van der Waals surface area contributed by atoms with Crippen molar-refractivity contribution in [2.24, 2.45) is 0 Å². The number of rotatable bonds is 9. The van der Waals surface area contributed by atoms with Crippen LogP contribution < -0.4 is 0 Å². The molecule has 106 valence electrons. The zero-order valence-corrected chi connectivity index (χ0v) is 12.0. The van der Waals surface area contributed by atoms with Crippen molar-refractivity contribution in [1.82, 2.24) is 9.80 Å². The number of hydrogen-bond acceptors (Lipinski definition) is 3. The van der Waals surface area contributed by atoms with Gasteiger partial charge in [-0.05, 0) is 40.8 Å². The van der Waals surface area contributed by atoms with E-state index in [-0.39, 0.29) is 18.4 Å². The molecule has 0 bridgehead atoms. The Morgan fingerprint density at radius 2 is 1.72 bits per heavy atom. The summed E-state index contributed by atoms with van der Waals surface area (Å²) >= 11 is 0. The predicted molar refractivity (Wildman–Crippen MR) is 71.5 cm³/mol. The number of nitrogens with zero attached hydrogens (tertiary/aromatic N) is 2. The van der Waals surface area contributed by atoms with Crippen LogP contribution in [0.1, 0.15) is 39.5 Å². The summed E-state index contributed by atoms with van der Waals surface area (Å²) in [6.07, 6.45) is 1.81. The van der Waals surface area contributed by atoms with E-state index in [4.69, 9.17) is 5.11 Å². The number of carboxylic acids is 1. The first kappa shape index (κ1) is 16.9. The molecule has 0 spiro atoms. The molecule has 0 saturated heterocycles. The molecule has 1 N–H and O–H groups in total. The van der Waals surface area contributed by atoms with Gasteiger partial charge in [0.05, 0.1) is 0 Å². The first-order chi connectivity index (χ1) is 8.38. The minimum atomic E-state index is -0.796. The van der Waals surface area contributed by atoms with Crippen molar-refractivity contribution in [3.63, 3.8) is 0 Å². The van der Waals surface area contributed by atoms with E-state index in [1.807, 2.05) is 32.8 Å². The lowest BCUT2D eigenvalue weighted by Gasteiger charge is -2.30. The van der Waals surface area contributed by atoms with Gasteiger partial charge >= 0.3 is 5.97 Å². The Kier molecular flexibility index (Phi) is 8.37. The number of aliphatic carboxylic acids is 1. The molecule has 0 aromatic carbocycles. The molecule has 1 atom stereocenters. The third-order valence-electron chi connectivity index (χ3n) is 2.85. The van der Waals surface area contributed by atoms with Crippen molar-refractivity contribution >= 4 is 11.9 Å². The van der Waals surface area contributed by atoms with Gasteiger partial charge in [0, 0.05) is 32.0 Å². The van der Waals surface area contributed by atoms with E-state index in [2.05, 4.69) is 4.90 Å². The maximum absolute atomic E-state index is 12.0. The Hall–Kier alpha value is -1.10. The minimum absolute atomic E-state index is 0.122. The van der Waals surface area contributed by atoms with Gasteiger partial charge in [0.25, 0.3) is 0 Å². The molecule has 0 heterocycles. The Balaban J connectivity index is 4.06. The fourth-order valence-corrected chi connectivity index (χ4v) is 2.06. The van der Waals surface area contributed by atoms with E-state index < -0.39 is 5.97 Å². The second kappa shape index (κ2) is 8.91. The van der Waals surface area contributed by atoms with Gasteiger partial charge in [0.1, 0.15) is 0 Å². The zero-order valence-electron chi connectivity index (χ0n) is 12.0. The summed E-state index contributed by atoms with van der Waals surface area (Å²) in [5.74, 6) is -0.673. The predicted octanol–water partition coefficient (Wildman–Crippen LogP) is 1.43. The summed E-state index contributed by atoms with van der Waals surface area (Å²) in [7, 11) is 3.98. The SMILES string of the molecule is CCN(C(=O)CCCCC(=O)O)C(C)CN(C)C. The first-order valence-electron chi connectivity index (χ1n) is 6.54. The van der Waals surface area contributed by atoms with E-state index in [0.29, 0.717) is 25.8 Å². The molecular weight excluding hydrogens is 232 g/mol. The van der Waals surface area contributed by atoms with Crippen LogP contribution in [0.25, 0.3) is 0 Å². The highest BCUT2D eigenvalue weighted by molar-refractivity contribution is 5.76. The smallest absolute Gasteiger partial charge is 0.303 e. The number of carbonyl (C=O) groups excluding carboxylic acids is 1. The van der Waals surface area contributed by atoms with E-state index in [1.54, 1.807) is 0 Å². The van der Waals surface area contributed by atoms with Gasteiger partial charge < -0.3 is 14.9 Å². The highest BCUT2D eigenvalue weighted by atomic mass is 16.4. The second-order valence-corrected chi connectivity index (χ2v) is 4.89. The van der Waals surface area contributed by atoms with Gasteiger partial charge in [-0.25, -0.2) is 0 Å². The lowest BCUT2D eigenvalue weighted by atomic mass is 10.1. The number of amides is 1. The molecule has 0 rings (SSSR count). The van der Waals surface area contributed by atoms with Crippen molar-refractivity contribution in [1.29, 1.82) is 0 Å². The molecule has 0 aromatic rings. The van der Waals surface area contributed by atoms with Crippen LogP contribution in [-0.2, 0) is 9.59 Å². The molecule has 1 unspecified atom stereocenters. The molecule has 0 saturated carbocycles. The molecule has 5 nitrogen and oxygen atoms in total. The van der Waals surface area contributed by atoms with Gasteiger partial charge in [-0.15, -0.1) is 0 Å².